The second-order valence-electron chi connectivity index (χ2n) is 4.51. The van der Waals surface area contributed by atoms with E-state index in [1.807, 2.05) is 0 Å². The van der Waals surface area contributed by atoms with Crippen molar-refractivity contribution >= 4 is 23.3 Å². The van der Waals surface area contributed by atoms with Gasteiger partial charge in [0, 0.05) is 25.9 Å². The second-order valence-corrected chi connectivity index (χ2v) is 4.91. The van der Waals surface area contributed by atoms with Gasteiger partial charge >= 0.3 is 0 Å². The third kappa shape index (κ3) is 2.73. The quantitative estimate of drug-likeness (QED) is 0.844. The van der Waals surface area contributed by atoms with E-state index in [0.717, 1.165) is 12.8 Å². The van der Waals surface area contributed by atoms with E-state index >= 15 is 0 Å². The molecule has 98 valence electrons. The van der Waals surface area contributed by atoms with Gasteiger partial charge in [-0.15, -0.1) is 0 Å². The zero-order valence-electron chi connectivity index (χ0n) is 9.97. The summed E-state index contributed by atoms with van der Waals surface area (Å²) in [7, 11) is 0. The maximum Gasteiger partial charge on any atom is 0.255 e. The lowest BCUT2D eigenvalue weighted by Gasteiger charge is -2.31. The van der Waals surface area contributed by atoms with Gasteiger partial charge in [0.05, 0.1) is 10.6 Å². The Kier molecular flexibility index (Phi) is 4.04. The number of piperidine rings is 1. The molecule has 3 N–H and O–H groups in total. The molecule has 1 amide bonds. The first-order valence-electron chi connectivity index (χ1n) is 5.93. The molecular weight excluding hydrogens is 254 g/mol. The van der Waals surface area contributed by atoms with Crippen molar-refractivity contribution in [3.63, 3.8) is 0 Å². The van der Waals surface area contributed by atoms with Gasteiger partial charge in [0.1, 0.15) is 5.82 Å². The van der Waals surface area contributed by atoms with Gasteiger partial charge in [-0.25, -0.2) is 4.98 Å². The highest BCUT2D eigenvalue weighted by Gasteiger charge is 2.24. The molecule has 0 atom stereocenters. The van der Waals surface area contributed by atoms with Crippen molar-refractivity contribution in [2.45, 2.75) is 12.8 Å². The van der Waals surface area contributed by atoms with Crippen LogP contribution in [-0.4, -0.2) is 40.6 Å². The largest absolute Gasteiger partial charge is 0.396 e. The summed E-state index contributed by atoms with van der Waals surface area (Å²) >= 11 is 5.96. The number of nitrogen functional groups attached to an aromatic ring is 1. The van der Waals surface area contributed by atoms with E-state index in [0.29, 0.717) is 29.6 Å². The zero-order chi connectivity index (χ0) is 13.1. The second kappa shape index (κ2) is 5.54. The molecule has 1 saturated heterocycles. The predicted octanol–water partition coefficient (Wildman–Crippen LogP) is 1.16. The highest BCUT2D eigenvalue weighted by molar-refractivity contribution is 6.33. The Morgan fingerprint density at radius 2 is 2.22 bits per heavy atom. The maximum absolute atomic E-state index is 12.3. The van der Waals surface area contributed by atoms with Crippen LogP contribution < -0.4 is 5.73 Å². The van der Waals surface area contributed by atoms with Crippen LogP contribution in [0.1, 0.15) is 23.2 Å². The number of pyridine rings is 1. The van der Waals surface area contributed by atoms with Crippen molar-refractivity contribution in [2.75, 3.05) is 25.4 Å². The third-order valence-corrected chi connectivity index (χ3v) is 3.57. The van der Waals surface area contributed by atoms with Crippen LogP contribution in [0.3, 0.4) is 0 Å². The molecule has 1 fully saturated rings. The average molecular weight is 270 g/mol. The topological polar surface area (TPSA) is 79.5 Å². The number of aromatic nitrogens is 1. The fourth-order valence-corrected chi connectivity index (χ4v) is 2.29. The fourth-order valence-electron chi connectivity index (χ4n) is 2.11. The minimum atomic E-state index is -0.120. The number of rotatable bonds is 2. The highest BCUT2D eigenvalue weighted by Crippen LogP contribution is 2.22. The van der Waals surface area contributed by atoms with E-state index in [1.54, 1.807) is 4.90 Å². The number of anilines is 1. The molecule has 6 heteroatoms. The monoisotopic (exact) mass is 269 g/mol. The molecule has 0 saturated carbocycles. The minimum absolute atomic E-state index is 0.120. The van der Waals surface area contributed by atoms with Crippen LogP contribution in [0.4, 0.5) is 5.82 Å². The first kappa shape index (κ1) is 13.1. The van der Waals surface area contributed by atoms with E-state index in [4.69, 9.17) is 22.4 Å². The molecule has 1 aliphatic heterocycles. The van der Waals surface area contributed by atoms with Gasteiger partial charge in [-0.05, 0) is 24.8 Å². The number of hydrogen-bond acceptors (Lipinski definition) is 4. The van der Waals surface area contributed by atoms with Gasteiger partial charge in [-0.3, -0.25) is 4.79 Å². The number of likely N-dealkylation sites (tertiary alicyclic amines) is 1. The number of nitrogens with two attached hydrogens (primary N) is 1. The fraction of sp³-hybridized carbons (Fsp3) is 0.500. The molecule has 5 nitrogen and oxygen atoms in total. The van der Waals surface area contributed by atoms with Crippen molar-refractivity contribution in [3.8, 4) is 0 Å². The zero-order valence-corrected chi connectivity index (χ0v) is 10.7. The van der Waals surface area contributed by atoms with Crippen LogP contribution >= 0.6 is 11.6 Å². The van der Waals surface area contributed by atoms with Crippen LogP contribution in [0, 0.1) is 5.92 Å². The van der Waals surface area contributed by atoms with Crippen molar-refractivity contribution < 1.29 is 9.90 Å². The Balaban J connectivity index is 2.10. The maximum atomic E-state index is 12.3. The smallest absolute Gasteiger partial charge is 0.255 e. The number of carbonyl (C=O) groups excluding carboxylic acids is 1. The van der Waals surface area contributed by atoms with Gasteiger partial charge in [-0.2, -0.15) is 0 Å². The SMILES string of the molecule is Nc1cc(C(=O)N2CCC(CO)CC2)c(Cl)cn1. The van der Waals surface area contributed by atoms with Gasteiger partial charge in [-0.1, -0.05) is 11.6 Å². The summed E-state index contributed by atoms with van der Waals surface area (Å²) in [4.78, 5) is 17.8. The molecule has 0 aliphatic carbocycles. The molecule has 1 aliphatic rings. The number of carbonyl (C=O) groups is 1. The van der Waals surface area contributed by atoms with E-state index in [1.165, 1.54) is 12.3 Å². The van der Waals surface area contributed by atoms with Crippen LogP contribution in [0.15, 0.2) is 12.3 Å². The van der Waals surface area contributed by atoms with Gasteiger partial charge < -0.3 is 15.7 Å². The summed E-state index contributed by atoms with van der Waals surface area (Å²) in [6, 6.07) is 1.50. The number of aliphatic hydroxyl groups excluding tert-OH is 1. The highest BCUT2D eigenvalue weighted by atomic mass is 35.5. The minimum Gasteiger partial charge on any atom is -0.396 e. The Morgan fingerprint density at radius 1 is 1.56 bits per heavy atom. The molecule has 0 aromatic carbocycles. The molecule has 2 rings (SSSR count). The molecular formula is C12H16ClN3O2. The van der Waals surface area contributed by atoms with Crippen LogP contribution in [-0.2, 0) is 0 Å². The van der Waals surface area contributed by atoms with Crippen molar-refractivity contribution in [1.82, 2.24) is 9.88 Å². The molecule has 0 bridgehead atoms. The first-order valence-corrected chi connectivity index (χ1v) is 6.30. The van der Waals surface area contributed by atoms with E-state index < -0.39 is 0 Å². The third-order valence-electron chi connectivity index (χ3n) is 3.27. The Morgan fingerprint density at radius 3 is 2.83 bits per heavy atom. The summed E-state index contributed by atoms with van der Waals surface area (Å²) in [5.41, 5.74) is 5.96. The van der Waals surface area contributed by atoms with Crippen LogP contribution in [0.25, 0.3) is 0 Å². The molecule has 0 radical (unpaired) electrons. The molecule has 1 aromatic rings. The molecule has 1 aromatic heterocycles. The van der Waals surface area contributed by atoms with Gasteiger partial charge in [0.25, 0.3) is 5.91 Å². The van der Waals surface area contributed by atoms with Gasteiger partial charge in [0.15, 0.2) is 0 Å². The van der Waals surface area contributed by atoms with Crippen molar-refractivity contribution in [2.24, 2.45) is 5.92 Å². The Hall–Kier alpha value is -1.33. The molecule has 18 heavy (non-hydrogen) atoms. The van der Waals surface area contributed by atoms with Crippen molar-refractivity contribution in [1.29, 1.82) is 0 Å². The number of halogens is 1. The predicted molar refractivity (Wildman–Crippen MR) is 69.4 cm³/mol. The Bertz CT molecular complexity index is 445. The Labute approximate surface area is 111 Å². The van der Waals surface area contributed by atoms with E-state index in [2.05, 4.69) is 4.98 Å². The lowest BCUT2D eigenvalue weighted by molar-refractivity contribution is 0.0651. The summed E-state index contributed by atoms with van der Waals surface area (Å²) < 4.78 is 0. The average Bonchev–Trinajstić information content (AvgIpc) is 2.41. The molecule has 0 spiro atoms. The normalized spacial score (nSPS) is 16.9. The lowest BCUT2D eigenvalue weighted by Crippen LogP contribution is -2.39. The van der Waals surface area contributed by atoms with E-state index in [9.17, 15) is 4.79 Å². The summed E-state index contributed by atoms with van der Waals surface area (Å²) in [5, 5.41) is 9.38. The summed E-state index contributed by atoms with van der Waals surface area (Å²) in [6.45, 7) is 1.47. The summed E-state index contributed by atoms with van der Waals surface area (Å²) in [6.07, 6.45) is 3.03. The number of aliphatic hydroxyl groups is 1. The van der Waals surface area contributed by atoms with Crippen molar-refractivity contribution in [3.05, 3.63) is 22.8 Å². The lowest BCUT2D eigenvalue weighted by atomic mass is 9.97. The van der Waals surface area contributed by atoms with E-state index in [-0.39, 0.29) is 18.3 Å². The number of amides is 1. The van der Waals surface area contributed by atoms with Gasteiger partial charge in [0.2, 0.25) is 0 Å². The number of hydrogen-bond donors (Lipinski definition) is 2. The molecule has 0 unspecified atom stereocenters. The summed E-state index contributed by atoms with van der Waals surface area (Å²) in [5.74, 6) is 0.463. The van der Waals surface area contributed by atoms with Crippen LogP contribution in [0.2, 0.25) is 5.02 Å². The first-order chi connectivity index (χ1) is 8.61. The molecule has 2 heterocycles. The number of nitrogens with zero attached hydrogens (tertiary/aromatic N) is 2. The van der Waals surface area contributed by atoms with Crippen LogP contribution in [0.5, 0.6) is 0 Å². The standard InChI is InChI=1S/C12H16ClN3O2/c13-10-6-15-11(14)5-9(10)12(18)16-3-1-8(7-17)2-4-16/h5-6,8,17H,1-4,7H2,(H2,14,15).